The van der Waals surface area contributed by atoms with Gasteiger partial charge in [0.05, 0.1) is 23.3 Å². The molecule has 23 heavy (non-hydrogen) atoms. The summed E-state index contributed by atoms with van der Waals surface area (Å²) < 4.78 is 16.5. The number of fused-ring (bicyclic) bond motifs is 1. The van der Waals surface area contributed by atoms with Gasteiger partial charge in [0, 0.05) is 22.3 Å². The molecule has 0 amide bonds. The molecule has 0 saturated heterocycles. The molecule has 0 unspecified atom stereocenters. The lowest BCUT2D eigenvalue weighted by atomic mass is 10.1. The lowest BCUT2D eigenvalue weighted by Gasteiger charge is -2.02. The Morgan fingerprint density at radius 1 is 1.09 bits per heavy atom. The fourth-order valence-corrected chi connectivity index (χ4v) is 2.71. The third-order valence-electron chi connectivity index (χ3n) is 3.43. The van der Waals surface area contributed by atoms with Crippen molar-refractivity contribution in [2.45, 2.75) is 0 Å². The molecule has 0 bridgehead atoms. The molecule has 4 aromatic rings. The predicted octanol–water partition coefficient (Wildman–Crippen LogP) is 4.16. The van der Waals surface area contributed by atoms with Gasteiger partial charge in [-0.3, -0.25) is 4.98 Å². The second kappa shape index (κ2) is 5.55. The molecule has 0 aliphatic rings. The second-order valence-electron chi connectivity index (χ2n) is 4.91. The van der Waals surface area contributed by atoms with Crippen LogP contribution in [0.5, 0.6) is 0 Å². The third kappa shape index (κ3) is 2.51. The highest BCUT2D eigenvalue weighted by atomic mass is 79.9. The van der Waals surface area contributed by atoms with Gasteiger partial charge in [-0.15, -0.1) is 0 Å². The van der Waals surface area contributed by atoms with E-state index in [2.05, 4.69) is 37.2 Å². The number of benzene rings is 1. The predicted molar refractivity (Wildman–Crippen MR) is 88.1 cm³/mol. The van der Waals surface area contributed by atoms with Crippen LogP contribution in [0.15, 0.2) is 59.2 Å². The van der Waals surface area contributed by atoms with Crippen LogP contribution < -0.4 is 0 Å². The van der Waals surface area contributed by atoms with Crippen LogP contribution in [0.3, 0.4) is 0 Å². The van der Waals surface area contributed by atoms with Crippen LogP contribution in [0, 0.1) is 12.0 Å². The zero-order chi connectivity index (χ0) is 15.8. The monoisotopic (exact) mass is 367 g/mol. The van der Waals surface area contributed by atoms with Gasteiger partial charge in [0.25, 0.3) is 0 Å². The Labute approximate surface area is 139 Å². The van der Waals surface area contributed by atoms with Crippen molar-refractivity contribution in [1.29, 1.82) is 0 Å². The van der Waals surface area contributed by atoms with Gasteiger partial charge in [0.2, 0.25) is 0 Å². The van der Waals surface area contributed by atoms with E-state index in [0.29, 0.717) is 21.4 Å². The van der Waals surface area contributed by atoms with E-state index in [1.54, 1.807) is 35.0 Å². The fraction of sp³-hybridized carbons (Fsp3) is 0. The summed E-state index contributed by atoms with van der Waals surface area (Å²) in [5, 5.41) is 4.49. The molecular weight excluding hydrogens is 359 g/mol. The van der Waals surface area contributed by atoms with Gasteiger partial charge in [0.1, 0.15) is 5.82 Å². The number of nitrogens with zero attached hydrogens (tertiary/aromatic N) is 4. The molecule has 0 atom stereocenters. The quantitative estimate of drug-likeness (QED) is 0.534. The Morgan fingerprint density at radius 3 is 2.78 bits per heavy atom. The summed E-state index contributed by atoms with van der Waals surface area (Å²) in [7, 11) is 0. The van der Waals surface area contributed by atoms with E-state index in [4.69, 9.17) is 0 Å². The number of hydrogen-bond acceptors (Lipinski definition) is 3. The summed E-state index contributed by atoms with van der Waals surface area (Å²) in [6.45, 7) is 0. The van der Waals surface area contributed by atoms with Crippen LogP contribution in [0.2, 0.25) is 0 Å². The molecule has 1 radical (unpaired) electrons. The SMILES string of the molecule is Fc1cc(Br)ccc1-c1cc2n[c]cc(-c3ccccn3)n2n1. The van der Waals surface area contributed by atoms with E-state index in [0.717, 1.165) is 11.4 Å². The minimum absolute atomic E-state index is 0.342. The smallest absolute Gasteiger partial charge is 0.157 e. The topological polar surface area (TPSA) is 43.1 Å². The minimum Gasteiger partial charge on any atom is -0.255 e. The number of hydrogen-bond donors (Lipinski definition) is 0. The summed E-state index contributed by atoms with van der Waals surface area (Å²) in [6, 6.07) is 13.9. The van der Waals surface area contributed by atoms with E-state index in [9.17, 15) is 4.39 Å². The van der Waals surface area contributed by atoms with E-state index in [-0.39, 0.29) is 5.82 Å². The highest BCUT2D eigenvalue weighted by Crippen LogP contribution is 2.26. The number of halogens is 2. The first-order valence-corrected chi connectivity index (χ1v) is 7.65. The maximum absolute atomic E-state index is 14.2. The van der Waals surface area contributed by atoms with Gasteiger partial charge < -0.3 is 0 Å². The van der Waals surface area contributed by atoms with Crippen molar-refractivity contribution in [3.8, 4) is 22.6 Å². The zero-order valence-corrected chi connectivity index (χ0v) is 13.3. The van der Waals surface area contributed by atoms with Crippen LogP contribution in [0.4, 0.5) is 4.39 Å². The number of pyridine rings is 1. The van der Waals surface area contributed by atoms with Crippen molar-refractivity contribution in [3.05, 3.63) is 71.2 Å². The standard InChI is InChI=1S/C17H9BrFN4/c18-11-4-5-12(13(19)9-11)15-10-17-21-8-6-16(23(17)22-15)14-3-1-2-7-20-14/h1-7,9-10H. The van der Waals surface area contributed by atoms with Crippen LogP contribution in [0.25, 0.3) is 28.3 Å². The molecular formula is C17H9BrFN4. The van der Waals surface area contributed by atoms with Crippen molar-refractivity contribution in [3.63, 3.8) is 0 Å². The maximum atomic E-state index is 14.2. The Balaban J connectivity index is 1.92. The molecule has 0 aliphatic heterocycles. The van der Waals surface area contributed by atoms with E-state index >= 15 is 0 Å². The van der Waals surface area contributed by atoms with Crippen LogP contribution in [-0.4, -0.2) is 19.6 Å². The molecule has 0 aliphatic carbocycles. The first kappa shape index (κ1) is 14.0. The van der Waals surface area contributed by atoms with E-state index < -0.39 is 0 Å². The lowest BCUT2D eigenvalue weighted by molar-refractivity contribution is 0.629. The van der Waals surface area contributed by atoms with Crippen molar-refractivity contribution in [2.75, 3.05) is 0 Å². The summed E-state index contributed by atoms with van der Waals surface area (Å²) >= 11 is 3.25. The van der Waals surface area contributed by atoms with Crippen LogP contribution in [0.1, 0.15) is 0 Å². The molecule has 0 spiro atoms. The molecule has 111 valence electrons. The number of rotatable bonds is 2. The zero-order valence-electron chi connectivity index (χ0n) is 11.7. The molecule has 0 fully saturated rings. The maximum Gasteiger partial charge on any atom is 0.157 e. The van der Waals surface area contributed by atoms with Gasteiger partial charge in [-0.25, -0.2) is 13.9 Å². The summed E-state index contributed by atoms with van der Waals surface area (Å²) in [6.07, 6.45) is 4.55. The number of aromatic nitrogens is 4. The molecule has 4 nitrogen and oxygen atoms in total. The van der Waals surface area contributed by atoms with Crippen molar-refractivity contribution in [1.82, 2.24) is 19.6 Å². The normalized spacial score (nSPS) is 11.0. The fourth-order valence-electron chi connectivity index (χ4n) is 2.37. The van der Waals surface area contributed by atoms with Crippen molar-refractivity contribution < 1.29 is 4.39 Å². The van der Waals surface area contributed by atoms with Gasteiger partial charge in [-0.05, 0) is 36.4 Å². The van der Waals surface area contributed by atoms with Crippen LogP contribution >= 0.6 is 15.9 Å². The molecule has 6 heteroatoms. The Kier molecular flexibility index (Phi) is 3.38. The minimum atomic E-state index is -0.342. The van der Waals surface area contributed by atoms with Crippen LogP contribution in [-0.2, 0) is 0 Å². The average molecular weight is 368 g/mol. The molecule has 4 rings (SSSR count). The molecule has 3 heterocycles. The largest absolute Gasteiger partial charge is 0.255 e. The lowest BCUT2D eigenvalue weighted by Crippen LogP contribution is -1.97. The van der Waals surface area contributed by atoms with E-state index in [1.807, 2.05) is 18.2 Å². The second-order valence-corrected chi connectivity index (χ2v) is 5.82. The molecule has 1 aromatic carbocycles. The van der Waals surface area contributed by atoms with Gasteiger partial charge in [-0.2, -0.15) is 5.10 Å². The third-order valence-corrected chi connectivity index (χ3v) is 3.93. The van der Waals surface area contributed by atoms with Gasteiger partial charge in [0.15, 0.2) is 5.65 Å². The Bertz CT molecular complexity index is 998. The first-order valence-electron chi connectivity index (χ1n) is 6.86. The first-order chi connectivity index (χ1) is 11.2. The summed E-state index contributed by atoms with van der Waals surface area (Å²) in [5.74, 6) is -0.342. The highest BCUT2D eigenvalue weighted by molar-refractivity contribution is 9.10. The van der Waals surface area contributed by atoms with Gasteiger partial charge in [-0.1, -0.05) is 22.0 Å². The average Bonchev–Trinajstić information content (AvgIpc) is 2.99. The Hall–Kier alpha value is -2.60. The molecule has 3 aromatic heterocycles. The summed E-state index contributed by atoms with van der Waals surface area (Å²) in [5.41, 5.74) is 3.02. The van der Waals surface area contributed by atoms with Gasteiger partial charge >= 0.3 is 0 Å². The molecule has 0 N–H and O–H groups in total. The molecule has 0 saturated carbocycles. The Morgan fingerprint density at radius 2 is 2.00 bits per heavy atom. The van der Waals surface area contributed by atoms with Crippen molar-refractivity contribution >= 4 is 21.6 Å². The highest BCUT2D eigenvalue weighted by Gasteiger charge is 2.13. The van der Waals surface area contributed by atoms with Crippen molar-refractivity contribution in [2.24, 2.45) is 0 Å². The summed E-state index contributed by atoms with van der Waals surface area (Å²) in [4.78, 5) is 8.50. The van der Waals surface area contributed by atoms with E-state index in [1.165, 1.54) is 6.07 Å².